The number of amides is 1. The van der Waals surface area contributed by atoms with Crippen LogP contribution in [-0.2, 0) is 27.7 Å². The first kappa shape index (κ1) is 21.3. The number of rotatable bonds is 5. The van der Waals surface area contributed by atoms with Crippen molar-refractivity contribution in [3.8, 4) is 0 Å². The third-order valence-electron chi connectivity index (χ3n) is 6.24. The standard InChI is InChI=1S/C23H27ClN2O3S/c1-16(19-5-3-7-21(24)14-19)25-23(27)18-10-12-26(13-11-18)30(28,29)22-9-8-17-4-2-6-20(17)15-22/h3,5,7-9,14-16,18H,2,4,6,10-13H2,1H3,(H,25,27). The molecule has 1 aliphatic carbocycles. The molecule has 1 aliphatic heterocycles. The smallest absolute Gasteiger partial charge is 0.243 e. The predicted octanol–water partition coefficient (Wildman–Crippen LogP) is 4.11. The molecule has 2 aliphatic rings. The van der Waals surface area contributed by atoms with Gasteiger partial charge in [0.2, 0.25) is 15.9 Å². The second kappa shape index (κ2) is 8.69. The van der Waals surface area contributed by atoms with Gasteiger partial charge in [-0.05, 0) is 80.0 Å². The van der Waals surface area contributed by atoms with Crippen molar-refractivity contribution in [3.63, 3.8) is 0 Å². The maximum Gasteiger partial charge on any atom is 0.243 e. The van der Waals surface area contributed by atoms with Crippen molar-refractivity contribution < 1.29 is 13.2 Å². The molecular weight excluding hydrogens is 420 g/mol. The third-order valence-corrected chi connectivity index (χ3v) is 8.37. The van der Waals surface area contributed by atoms with Gasteiger partial charge in [0.05, 0.1) is 10.9 Å². The summed E-state index contributed by atoms with van der Waals surface area (Å²) in [5, 5.41) is 3.68. The van der Waals surface area contributed by atoms with Crippen molar-refractivity contribution in [1.82, 2.24) is 9.62 Å². The van der Waals surface area contributed by atoms with E-state index in [0.717, 1.165) is 30.4 Å². The fraction of sp³-hybridized carbons (Fsp3) is 0.435. The number of carbonyl (C=O) groups is 1. The van der Waals surface area contributed by atoms with Gasteiger partial charge in [0, 0.05) is 24.0 Å². The molecule has 0 spiro atoms. The molecule has 4 rings (SSSR count). The largest absolute Gasteiger partial charge is 0.349 e. The summed E-state index contributed by atoms with van der Waals surface area (Å²) in [6, 6.07) is 12.8. The number of sulfonamides is 1. The highest BCUT2D eigenvalue weighted by Crippen LogP contribution is 2.29. The van der Waals surface area contributed by atoms with E-state index in [1.54, 1.807) is 12.1 Å². The Labute approximate surface area is 183 Å². The normalized spacial score (nSPS) is 18.7. The fourth-order valence-corrected chi connectivity index (χ4v) is 6.13. The van der Waals surface area contributed by atoms with E-state index in [1.165, 1.54) is 9.87 Å². The van der Waals surface area contributed by atoms with Crippen LogP contribution < -0.4 is 5.32 Å². The number of hydrogen-bond donors (Lipinski definition) is 1. The summed E-state index contributed by atoms with van der Waals surface area (Å²) in [6.07, 6.45) is 4.12. The van der Waals surface area contributed by atoms with E-state index in [1.807, 2.05) is 37.3 Å². The number of benzene rings is 2. The first-order valence-electron chi connectivity index (χ1n) is 10.5. The van der Waals surface area contributed by atoms with Crippen LogP contribution in [0.1, 0.15) is 48.9 Å². The second-order valence-corrected chi connectivity index (χ2v) is 10.6. The third kappa shape index (κ3) is 4.41. The number of fused-ring (bicyclic) bond motifs is 1. The Kier molecular flexibility index (Phi) is 6.19. The van der Waals surface area contributed by atoms with Crippen LogP contribution in [-0.4, -0.2) is 31.7 Å². The molecule has 2 aromatic carbocycles. The van der Waals surface area contributed by atoms with Crippen LogP contribution in [0.4, 0.5) is 0 Å². The monoisotopic (exact) mass is 446 g/mol. The van der Waals surface area contributed by atoms with E-state index in [-0.39, 0.29) is 17.9 Å². The van der Waals surface area contributed by atoms with E-state index in [4.69, 9.17) is 11.6 Å². The molecule has 0 saturated carbocycles. The Morgan fingerprint density at radius 2 is 1.83 bits per heavy atom. The molecule has 1 amide bonds. The van der Waals surface area contributed by atoms with Gasteiger partial charge in [-0.15, -0.1) is 0 Å². The molecule has 0 bridgehead atoms. The number of carbonyl (C=O) groups excluding carboxylic acids is 1. The van der Waals surface area contributed by atoms with Gasteiger partial charge in [-0.2, -0.15) is 4.31 Å². The number of hydrogen-bond acceptors (Lipinski definition) is 3. The van der Waals surface area contributed by atoms with Gasteiger partial charge in [-0.1, -0.05) is 29.8 Å². The summed E-state index contributed by atoms with van der Waals surface area (Å²) >= 11 is 6.04. The Bertz CT molecular complexity index is 1050. The minimum Gasteiger partial charge on any atom is -0.349 e. The molecule has 1 unspecified atom stereocenters. The molecule has 30 heavy (non-hydrogen) atoms. The van der Waals surface area contributed by atoms with Crippen molar-refractivity contribution >= 4 is 27.5 Å². The second-order valence-electron chi connectivity index (χ2n) is 8.25. The van der Waals surface area contributed by atoms with Gasteiger partial charge in [0.25, 0.3) is 0 Å². The predicted molar refractivity (Wildman–Crippen MR) is 118 cm³/mol. The summed E-state index contributed by atoms with van der Waals surface area (Å²) in [6.45, 7) is 2.66. The molecule has 5 nitrogen and oxygen atoms in total. The van der Waals surface area contributed by atoms with Crippen molar-refractivity contribution in [3.05, 3.63) is 64.2 Å². The maximum atomic E-state index is 13.1. The summed E-state index contributed by atoms with van der Waals surface area (Å²) in [7, 11) is -3.52. The lowest BCUT2D eigenvalue weighted by Gasteiger charge is -2.31. The number of piperidine rings is 1. The molecule has 1 heterocycles. The Hall–Kier alpha value is -1.89. The van der Waals surface area contributed by atoms with Crippen molar-refractivity contribution in [2.45, 2.75) is 50.0 Å². The van der Waals surface area contributed by atoms with Gasteiger partial charge in [0.15, 0.2) is 0 Å². The first-order valence-corrected chi connectivity index (χ1v) is 12.3. The van der Waals surface area contributed by atoms with Crippen molar-refractivity contribution in [2.75, 3.05) is 13.1 Å². The quantitative estimate of drug-likeness (QED) is 0.751. The molecule has 1 saturated heterocycles. The summed E-state index contributed by atoms with van der Waals surface area (Å²) in [5.41, 5.74) is 3.37. The molecule has 7 heteroatoms. The lowest BCUT2D eigenvalue weighted by atomic mass is 9.96. The first-order chi connectivity index (χ1) is 14.3. The van der Waals surface area contributed by atoms with Gasteiger partial charge < -0.3 is 5.32 Å². The Morgan fingerprint density at radius 1 is 1.10 bits per heavy atom. The minimum absolute atomic E-state index is 0.0305. The highest BCUT2D eigenvalue weighted by atomic mass is 35.5. The van der Waals surface area contributed by atoms with E-state index in [0.29, 0.717) is 35.8 Å². The zero-order valence-corrected chi connectivity index (χ0v) is 18.7. The van der Waals surface area contributed by atoms with E-state index in [2.05, 4.69) is 5.32 Å². The fourth-order valence-electron chi connectivity index (χ4n) is 4.41. The lowest BCUT2D eigenvalue weighted by Crippen LogP contribution is -2.43. The molecule has 1 fully saturated rings. The van der Waals surface area contributed by atoms with Crippen molar-refractivity contribution in [2.24, 2.45) is 5.92 Å². The van der Waals surface area contributed by atoms with Crippen LogP contribution in [0.2, 0.25) is 5.02 Å². The SMILES string of the molecule is CC(NC(=O)C1CCN(S(=O)(=O)c2ccc3c(c2)CCC3)CC1)c1cccc(Cl)c1. The zero-order chi connectivity index (χ0) is 21.3. The van der Waals surface area contributed by atoms with Gasteiger partial charge >= 0.3 is 0 Å². The number of nitrogens with one attached hydrogen (secondary N) is 1. The average molecular weight is 447 g/mol. The molecular formula is C23H27ClN2O3S. The average Bonchev–Trinajstić information content (AvgIpc) is 3.21. The van der Waals surface area contributed by atoms with E-state index in [9.17, 15) is 13.2 Å². The zero-order valence-electron chi connectivity index (χ0n) is 17.1. The van der Waals surface area contributed by atoms with Crippen LogP contribution >= 0.6 is 11.6 Å². The molecule has 1 N–H and O–H groups in total. The van der Waals surface area contributed by atoms with Crippen LogP contribution in [0.3, 0.4) is 0 Å². The Morgan fingerprint density at radius 3 is 2.57 bits per heavy atom. The molecule has 1 atom stereocenters. The van der Waals surface area contributed by atoms with Crippen LogP contribution in [0, 0.1) is 5.92 Å². The summed E-state index contributed by atoms with van der Waals surface area (Å²) in [4.78, 5) is 13.1. The van der Waals surface area contributed by atoms with Crippen molar-refractivity contribution in [1.29, 1.82) is 0 Å². The topological polar surface area (TPSA) is 66.5 Å². The van der Waals surface area contributed by atoms with Crippen LogP contribution in [0.5, 0.6) is 0 Å². The number of aryl methyl sites for hydroxylation is 2. The van der Waals surface area contributed by atoms with Gasteiger partial charge in [0.1, 0.15) is 0 Å². The number of halogens is 1. The Balaban J connectivity index is 1.36. The van der Waals surface area contributed by atoms with Gasteiger partial charge in [-0.25, -0.2) is 8.42 Å². The molecule has 2 aromatic rings. The highest BCUT2D eigenvalue weighted by molar-refractivity contribution is 7.89. The minimum atomic E-state index is -3.52. The number of nitrogens with zero attached hydrogens (tertiary/aromatic N) is 1. The summed E-state index contributed by atoms with van der Waals surface area (Å²) in [5.74, 6) is -0.213. The lowest BCUT2D eigenvalue weighted by molar-refractivity contribution is -0.126. The highest BCUT2D eigenvalue weighted by Gasteiger charge is 2.33. The maximum absolute atomic E-state index is 13.1. The van der Waals surface area contributed by atoms with Crippen LogP contribution in [0.15, 0.2) is 47.4 Å². The van der Waals surface area contributed by atoms with Gasteiger partial charge in [-0.3, -0.25) is 4.79 Å². The summed E-state index contributed by atoms with van der Waals surface area (Å²) < 4.78 is 27.7. The molecule has 0 radical (unpaired) electrons. The molecule has 160 valence electrons. The molecule has 0 aromatic heterocycles. The van der Waals surface area contributed by atoms with E-state index >= 15 is 0 Å². The van der Waals surface area contributed by atoms with Crippen LogP contribution in [0.25, 0.3) is 0 Å². The van der Waals surface area contributed by atoms with E-state index < -0.39 is 10.0 Å².